The summed E-state index contributed by atoms with van der Waals surface area (Å²) in [6.45, 7) is 4.25. The summed E-state index contributed by atoms with van der Waals surface area (Å²) in [5.41, 5.74) is 0.967. The third kappa shape index (κ3) is 2.70. The van der Waals surface area contributed by atoms with Crippen LogP contribution in [0.2, 0.25) is 0 Å². The van der Waals surface area contributed by atoms with Gasteiger partial charge in [0.25, 0.3) is 0 Å². The van der Waals surface area contributed by atoms with Gasteiger partial charge in [-0.15, -0.1) is 0 Å². The van der Waals surface area contributed by atoms with Gasteiger partial charge in [0, 0.05) is 26.7 Å². The molecule has 0 amide bonds. The van der Waals surface area contributed by atoms with Crippen LogP contribution in [0.3, 0.4) is 0 Å². The van der Waals surface area contributed by atoms with Gasteiger partial charge in [-0.2, -0.15) is 5.10 Å². The normalized spacial score (nSPS) is 23.4. The minimum Gasteiger partial charge on any atom is -0.478 e. The highest BCUT2D eigenvalue weighted by molar-refractivity contribution is 5.88. The zero-order chi connectivity index (χ0) is 13.1. The number of carboxylic acid groups (broad SMARTS) is 1. The Morgan fingerprint density at radius 2 is 2.50 bits per heavy atom. The van der Waals surface area contributed by atoms with Gasteiger partial charge in [-0.1, -0.05) is 0 Å². The maximum Gasteiger partial charge on any atom is 0.339 e. The Morgan fingerprint density at radius 3 is 3.11 bits per heavy atom. The van der Waals surface area contributed by atoms with Gasteiger partial charge in [0.05, 0.1) is 18.0 Å². The van der Waals surface area contributed by atoms with E-state index in [-0.39, 0.29) is 11.7 Å². The SMILES string of the molecule is CC1OCCC1CNCc1c(C(=O)O)cnn1C. The molecule has 1 saturated heterocycles. The van der Waals surface area contributed by atoms with Crippen molar-refractivity contribution in [2.75, 3.05) is 13.2 Å². The van der Waals surface area contributed by atoms with Gasteiger partial charge < -0.3 is 15.2 Å². The fourth-order valence-electron chi connectivity index (χ4n) is 2.27. The van der Waals surface area contributed by atoms with Gasteiger partial charge >= 0.3 is 5.97 Å². The molecule has 0 spiro atoms. The topological polar surface area (TPSA) is 76.4 Å². The van der Waals surface area contributed by atoms with E-state index in [9.17, 15) is 4.79 Å². The molecule has 2 atom stereocenters. The fourth-order valence-corrected chi connectivity index (χ4v) is 2.27. The number of aromatic nitrogens is 2. The van der Waals surface area contributed by atoms with E-state index in [0.717, 1.165) is 19.6 Å². The predicted molar refractivity (Wildman–Crippen MR) is 65.4 cm³/mol. The average molecular weight is 253 g/mol. The number of rotatable bonds is 5. The predicted octanol–water partition coefficient (Wildman–Crippen LogP) is 0.633. The molecule has 1 fully saturated rings. The minimum absolute atomic E-state index is 0.265. The van der Waals surface area contributed by atoms with Gasteiger partial charge in [-0.05, 0) is 19.3 Å². The molecule has 0 saturated carbocycles. The summed E-state index contributed by atoms with van der Waals surface area (Å²) in [5.74, 6) is -0.427. The zero-order valence-corrected chi connectivity index (χ0v) is 10.7. The minimum atomic E-state index is -0.933. The molecular formula is C12H19N3O3. The Balaban J connectivity index is 1.90. The molecule has 2 rings (SSSR count). The van der Waals surface area contributed by atoms with Crippen LogP contribution < -0.4 is 5.32 Å². The zero-order valence-electron chi connectivity index (χ0n) is 10.7. The van der Waals surface area contributed by atoms with Crippen LogP contribution >= 0.6 is 0 Å². The number of aryl methyl sites for hydroxylation is 1. The van der Waals surface area contributed by atoms with Gasteiger partial charge in [0.1, 0.15) is 5.56 Å². The molecule has 1 aliphatic rings. The van der Waals surface area contributed by atoms with Crippen LogP contribution in [0.4, 0.5) is 0 Å². The van der Waals surface area contributed by atoms with E-state index in [0.29, 0.717) is 18.2 Å². The van der Waals surface area contributed by atoms with E-state index >= 15 is 0 Å². The van der Waals surface area contributed by atoms with Gasteiger partial charge in [-0.25, -0.2) is 4.79 Å². The highest BCUT2D eigenvalue weighted by Gasteiger charge is 2.24. The first-order valence-corrected chi connectivity index (χ1v) is 6.16. The second-order valence-electron chi connectivity index (χ2n) is 4.69. The first-order chi connectivity index (χ1) is 8.59. The van der Waals surface area contributed by atoms with Crippen LogP contribution in [0.25, 0.3) is 0 Å². The second-order valence-corrected chi connectivity index (χ2v) is 4.69. The van der Waals surface area contributed by atoms with Crippen molar-refractivity contribution in [3.8, 4) is 0 Å². The lowest BCUT2D eigenvalue weighted by molar-refractivity contribution is 0.0695. The molecule has 2 unspecified atom stereocenters. The van der Waals surface area contributed by atoms with Crippen LogP contribution in [0.1, 0.15) is 29.4 Å². The van der Waals surface area contributed by atoms with Crippen molar-refractivity contribution < 1.29 is 14.6 Å². The molecule has 6 nitrogen and oxygen atoms in total. The monoisotopic (exact) mass is 253 g/mol. The van der Waals surface area contributed by atoms with Crippen LogP contribution in [0.15, 0.2) is 6.20 Å². The Hall–Kier alpha value is -1.40. The molecule has 18 heavy (non-hydrogen) atoms. The van der Waals surface area contributed by atoms with Crippen LogP contribution in [-0.4, -0.2) is 40.1 Å². The molecule has 0 aliphatic carbocycles. The molecule has 0 aromatic carbocycles. The van der Waals surface area contributed by atoms with Crippen molar-refractivity contribution in [2.45, 2.75) is 26.0 Å². The van der Waals surface area contributed by atoms with Gasteiger partial charge in [0.15, 0.2) is 0 Å². The van der Waals surface area contributed by atoms with Crippen molar-refractivity contribution >= 4 is 5.97 Å². The molecule has 2 N–H and O–H groups in total. The summed E-state index contributed by atoms with van der Waals surface area (Å²) in [5, 5.41) is 16.3. The molecule has 100 valence electrons. The number of hydrogen-bond donors (Lipinski definition) is 2. The molecular weight excluding hydrogens is 234 g/mol. The standard InChI is InChI=1S/C12H19N3O3/c1-8-9(3-4-18-8)5-13-7-11-10(12(16)17)6-14-15(11)2/h6,8-9,13H,3-5,7H2,1-2H3,(H,16,17). The Bertz CT molecular complexity index is 430. The molecule has 0 radical (unpaired) electrons. The Labute approximate surface area is 106 Å². The first-order valence-electron chi connectivity index (χ1n) is 6.16. The van der Waals surface area contributed by atoms with E-state index in [1.54, 1.807) is 11.7 Å². The second kappa shape index (κ2) is 5.49. The Morgan fingerprint density at radius 1 is 1.72 bits per heavy atom. The summed E-state index contributed by atoms with van der Waals surface area (Å²) in [7, 11) is 1.75. The van der Waals surface area contributed by atoms with Crippen molar-refractivity contribution in [1.82, 2.24) is 15.1 Å². The number of aromatic carboxylic acids is 1. The lowest BCUT2D eigenvalue weighted by Crippen LogP contribution is -2.28. The first kappa shape index (κ1) is 13.0. The van der Waals surface area contributed by atoms with Crippen molar-refractivity contribution in [1.29, 1.82) is 0 Å². The third-order valence-electron chi connectivity index (χ3n) is 3.52. The molecule has 2 heterocycles. The number of ether oxygens (including phenoxy) is 1. The summed E-state index contributed by atoms with van der Waals surface area (Å²) in [6, 6.07) is 0. The summed E-state index contributed by atoms with van der Waals surface area (Å²) in [6.07, 6.45) is 2.73. The van der Waals surface area contributed by atoms with E-state index in [4.69, 9.17) is 9.84 Å². The quantitative estimate of drug-likeness (QED) is 0.805. The highest BCUT2D eigenvalue weighted by atomic mass is 16.5. The average Bonchev–Trinajstić information content (AvgIpc) is 2.87. The van der Waals surface area contributed by atoms with Crippen molar-refractivity contribution in [2.24, 2.45) is 13.0 Å². The number of nitrogens with one attached hydrogen (secondary N) is 1. The maximum atomic E-state index is 11.0. The van der Waals surface area contributed by atoms with Crippen LogP contribution in [0.5, 0.6) is 0 Å². The molecule has 1 aliphatic heterocycles. The lowest BCUT2D eigenvalue weighted by atomic mass is 10.0. The number of nitrogens with zero attached hydrogens (tertiary/aromatic N) is 2. The third-order valence-corrected chi connectivity index (χ3v) is 3.52. The van der Waals surface area contributed by atoms with Crippen LogP contribution in [-0.2, 0) is 18.3 Å². The number of hydrogen-bond acceptors (Lipinski definition) is 4. The lowest BCUT2D eigenvalue weighted by Gasteiger charge is -2.15. The highest BCUT2D eigenvalue weighted by Crippen LogP contribution is 2.19. The smallest absolute Gasteiger partial charge is 0.339 e. The molecule has 0 bridgehead atoms. The van der Waals surface area contributed by atoms with Gasteiger partial charge in [0.2, 0.25) is 0 Å². The molecule has 1 aromatic heterocycles. The summed E-state index contributed by atoms with van der Waals surface area (Å²) in [4.78, 5) is 11.0. The van der Waals surface area contributed by atoms with Crippen molar-refractivity contribution in [3.05, 3.63) is 17.5 Å². The van der Waals surface area contributed by atoms with E-state index in [2.05, 4.69) is 17.3 Å². The van der Waals surface area contributed by atoms with Crippen LogP contribution in [0, 0.1) is 5.92 Å². The van der Waals surface area contributed by atoms with Gasteiger partial charge in [-0.3, -0.25) is 4.68 Å². The Kier molecular flexibility index (Phi) is 3.98. The van der Waals surface area contributed by atoms with E-state index < -0.39 is 5.97 Å². The molecule has 1 aromatic rings. The fraction of sp³-hybridized carbons (Fsp3) is 0.667. The largest absolute Gasteiger partial charge is 0.478 e. The van der Waals surface area contributed by atoms with E-state index in [1.165, 1.54) is 6.20 Å². The molecule has 6 heteroatoms. The maximum absolute atomic E-state index is 11.0. The number of carbonyl (C=O) groups is 1. The number of carboxylic acids is 1. The summed E-state index contributed by atoms with van der Waals surface area (Å²) >= 11 is 0. The summed E-state index contributed by atoms with van der Waals surface area (Å²) < 4.78 is 7.09. The van der Waals surface area contributed by atoms with E-state index in [1.807, 2.05) is 0 Å². The van der Waals surface area contributed by atoms with Crippen molar-refractivity contribution in [3.63, 3.8) is 0 Å².